The number of hydrogen-bond donors (Lipinski definition) is 1. The molecule has 0 aliphatic carbocycles. The average molecular weight is 263 g/mol. The molecule has 2 aromatic rings. The molecule has 5 heteroatoms. The predicted molar refractivity (Wildman–Crippen MR) is 73.8 cm³/mol. The highest BCUT2D eigenvalue weighted by Gasteiger charge is 2.19. The lowest BCUT2D eigenvalue weighted by molar-refractivity contribution is 0.294. The fourth-order valence-electron chi connectivity index (χ4n) is 2.48. The minimum Gasteiger partial charge on any atom is -0.396 e. The van der Waals surface area contributed by atoms with Crippen molar-refractivity contribution < 1.29 is 5.11 Å². The molecule has 1 fully saturated rings. The van der Waals surface area contributed by atoms with Crippen molar-refractivity contribution in [3.8, 4) is 0 Å². The summed E-state index contributed by atoms with van der Waals surface area (Å²) in [5.41, 5.74) is 1.89. The molecule has 1 aliphatic heterocycles. The zero-order chi connectivity index (χ0) is 12.4. The van der Waals surface area contributed by atoms with Crippen LogP contribution in [0, 0.1) is 0 Å². The molecule has 1 atom stereocenters. The highest BCUT2D eigenvalue weighted by Crippen LogP contribution is 2.28. The van der Waals surface area contributed by atoms with Crippen LogP contribution in [-0.2, 0) is 13.0 Å². The number of nitrogens with zero attached hydrogens (tertiary/aromatic N) is 3. The van der Waals surface area contributed by atoms with Crippen molar-refractivity contribution in [1.29, 1.82) is 0 Å². The van der Waals surface area contributed by atoms with Gasteiger partial charge in [-0.05, 0) is 30.7 Å². The smallest absolute Gasteiger partial charge is 0.160 e. The maximum atomic E-state index is 9.15. The molecular weight excluding hydrogens is 246 g/mol. The highest BCUT2D eigenvalue weighted by atomic mass is 32.2. The third-order valence-corrected chi connectivity index (χ3v) is 4.71. The summed E-state index contributed by atoms with van der Waals surface area (Å²) in [5.74, 6) is 2.22. The van der Waals surface area contributed by atoms with E-state index in [0.717, 1.165) is 23.5 Å². The normalized spacial score (nSPS) is 19.7. The molecule has 0 spiro atoms. The number of aliphatic hydroxyl groups is 1. The molecule has 96 valence electrons. The molecule has 0 amide bonds. The second-order valence-corrected chi connectivity index (χ2v) is 6.00. The Balaban J connectivity index is 1.97. The first-order valence-corrected chi connectivity index (χ1v) is 7.46. The number of fused-ring (bicyclic) bond motifs is 1. The number of aromatic nitrogens is 3. The molecule has 1 saturated heterocycles. The SMILES string of the molecule is OCCc1nc2cccnc2n1CC1CCCS1. The van der Waals surface area contributed by atoms with E-state index in [1.807, 2.05) is 30.1 Å². The van der Waals surface area contributed by atoms with Gasteiger partial charge in [-0.25, -0.2) is 9.97 Å². The highest BCUT2D eigenvalue weighted by molar-refractivity contribution is 8.00. The van der Waals surface area contributed by atoms with Crippen LogP contribution < -0.4 is 0 Å². The van der Waals surface area contributed by atoms with Crippen molar-refractivity contribution in [3.05, 3.63) is 24.2 Å². The van der Waals surface area contributed by atoms with Crippen molar-refractivity contribution in [1.82, 2.24) is 14.5 Å². The van der Waals surface area contributed by atoms with Gasteiger partial charge in [0.1, 0.15) is 11.3 Å². The second-order valence-electron chi connectivity index (χ2n) is 4.59. The lowest BCUT2D eigenvalue weighted by Crippen LogP contribution is -2.14. The van der Waals surface area contributed by atoms with E-state index in [2.05, 4.69) is 14.5 Å². The standard InChI is InChI=1S/C13H17N3OS/c17-7-5-12-15-11-4-1-6-14-13(11)16(12)9-10-3-2-8-18-10/h1,4,6,10,17H,2-3,5,7-9H2. The maximum Gasteiger partial charge on any atom is 0.160 e. The zero-order valence-electron chi connectivity index (χ0n) is 10.2. The third kappa shape index (κ3) is 2.24. The van der Waals surface area contributed by atoms with Gasteiger partial charge in [-0.15, -0.1) is 0 Å². The van der Waals surface area contributed by atoms with E-state index in [-0.39, 0.29) is 6.61 Å². The van der Waals surface area contributed by atoms with Crippen molar-refractivity contribution in [2.45, 2.75) is 31.1 Å². The van der Waals surface area contributed by atoms with E-state index in [1.165, 1.54) is 18.6 Å². The monoisotopic (exact) mass is 263 g/mol. The van der Waals surface area contributed by atoms with Crippen LogP contribution in [0.4, 0.5) is 0 Å². The third-order valence-electron chi connectivity index (χ3n) is 3.33. The van der Waals surface area contributed by atoms with Crippen LogP contribution in [0.1, 0.15) is 18.7 Å². The molecule has 1 aliphatic rings. The quantitative estimate of drug-likeness (QED) is 0.915. The Morgan fingerprint density at radius 2 is 2.44 bits per heavy atom. The Hall–Kier alpha value is -1.07. The molecule has 4 nitrogen and oxygen atoms in total. The summed E-state index contributed by atoms with van der Waals surface area (Å²) in [6, 6.07) is 3.90. The Morgan fingerprint density at radius 1 is 1.50 bits per heavy atom. The summed E-state index contributed by atoms with van der Waals surface area (Å²) in [4.78, 5) is 9.01. The number of thioether (sulfide) groups is 1. The van der Waals surface area contributed by atoms with E-state index in [1.54, 1.807) is 0 Å². The van der Waals surface area contributed by atoms with Crippen LogP contribution in [-0.4, -0.2) is 37.3 Å². The molecule has 0 bridgehead atoms. The molecule has 18 heavy (non-hydrogen) atoms. The van der Waals surface area contributed by atoms with Crippen molar-refractivity contribution in [2.75, 3.05) is 12.4 Å². The van der Waals surface area contributed by atoms with E-state index in [0.29, 0.717) is 11.7 Å². The molecule has 1 N–H and O–H groups in total. The van der Waals surface area contributed by atoms with Gasteiger partial charge < -0.3 is 9.67 Å². The molecule has 1 unspecified atom stereocenters. The van der Waals surface area contributed by atoms with Crippen molar-refractivity contribution in [2.24, 2.45) is 0 Å². The van der Waals surface area contributed by atoms with Crippen LogP contribution in [0.3, 0.4) is 0 Å². The summed E-state index contributed by atoms with van der Waals surface area (Å²) < 4.78 is 2.19. The minimum atomic E-state index is 0.140. The summed E-state index contributed by atoms with van der Waals surface area (Å²) in [5, 5.41) is 9.82. The average Bonchev–Trinajstić information content (AvgIpc) is 3.00. The molecule has 0 radical (unpaired) electrons. The van der Waals surface area contributed by atoms with E-state index >= 15 is 0 Å². The van der Waals surface area contributed by atoms with Gasteiger partial charge in [-0.3, -0.25) is 0 Å². The maximum absolute atomic E-state index is 9.15. The van der Waals surface area contributed by atoms with Crippen molar-refractivity contribution >= 4 is 22.9 Å². The molecule has 0 saturated carbocycles. The first-order valence-electron chi connectivity index (χ1n) is 6.41. The summed E-state index contributed by atoms with van der Waals surface area (Å²) in [6.07, 6.45) is 5.00. The Morgan fingerprint density at radius 3 is 3.22 bits per heavy atom. The first kappa shape index (κ1) is 12.0. The summed E-state index contributed by atoms with van der Waals surface area (Å²) in [7, 11) is 0. The number of imidazole rings is 1. The van der Waals surface area contributed by atoms with Crippen LogP contribution in [0.25, 0.3) is 11.2 Å². The molecule has 3 rings (SSSR count). The van der Waals surface area contributed by atoms with Crippen LogP contribution in [0.5, 0.6) is 0 Å². The van der Waals surface area contributed by atoms with Gasteiger partial charge in [0.15, 0.2) is 5.65 Å². The number of rotatable bonds is 4. The minimum absolute atomic E-state index is 0.140. The Labute approximate surface area is 110 Å². The van der Waals surface area contributed by atoms with Gasteiger partial charge in [-0.1, -0.05) is 0 Å². The van der Waals surface area contributed by atoms with Crippen LogP contribution in [0.15, 0.2) is 18.3 Å². The summed E-state index contributed by atoms with van der Waals surface area (Å²) >= 11 is 2.04. The molecular formula is C13H17N3OS. The molecule has 3 heterocycles. The van der Waals surface area contributed by atoms with Gasteiger partial charge in [-0.2, -0.15) is 11.8 Å². The topological polar surface area (TPSA) is 50.9 Å². The molecule has 0 aromatic carbocycles. The van der Waals surface area contributed by atoms with Gasteiger partial charge in [0.05, 0.1) is 6.61 Å². The summed E-state index contributed by atoms with van der Waals surface area (Å²) in [6.45, 7) is 1.11. The first-order chi connectivity index (χ1) is 8.88. The Bertz CT molecular complexity index is 534. The second kappa shape index (κ2) is 5.28. The van der Waals surface area contributed by atoms with Gasteiger partial charge >= 0.3 is 0 Å². The number of aliphatic hydroxyl groups excluding tert-OH is 1. The fraction of sp³-hybridized carbons (Fsp3) is 0.538. The van der Waals surface area contributed by atoms with Crippen LogP contribution in [0.2, 0.25) is 0 Å². The zero-order valence-corrected chi connectivity index (χ0v) is 11.1. The van der Waals surface area contributed by atoms with E-state index < -0.39 is 0 Å². The van der Waals surface area contributed by atoms with E-state index in [9.17, 15) is 0 Å². The predicted octanol–water partition coefficient (Wildman–Crippen LogP) is 1.86. The van der Waals surface area contributed by atoms with E-state index in [4.69, 9.17) is 5.11 Å². The Kier molecular flexibility index (Phi) is 3.52. The van der Waals surface area contributed by atoms with Crippen LogP contribution >= 0.6 is 11.8 Å². The lowest BCUT2D eigenvalue weighted by atomic mass is 10.2. The fourth-order valence-corrected chi connectivity index (χ4v) is 3.73. The van der Waals surface area contributed by atoms with Gasteiger partial charge in [0, 0.05) is 24.4 Å². The lowest BCUT2D eigenvalue weighted by Gasteiger charge is -2.12. The number of hydrogen-bond acceptors (Lipinski definition) is 4. The largest absolute Gasteiger partial charge is 0.396 e. The van der Waals surface area contributed by atoms with Gasteiger partial charge in [0.25, 0.3) is 0 Å². The number of pyridine rings is 1. The molecule has 2 aromatic heterocycles. The van der Waals surface area contributed by atoms with Gasteiger partial charge in [0.2, 0.25) is 0 Å². The van der Waals surface area contributed by atoms with Crippen molar-refractivity contribution in [3.63, 3.8) is 0 Å².